The first kappa shape index (κ1) is 28.1. The topological polar surface area (TPSA) is 129 Å². The van der Waals surface area contributed by atoms with Crippen molar-refractivity contribution < 1.29 is 23.8 Å². The van der Waals surface area contributed by atoms with Gasteiger partial charge in [0.25, 0.3) is 5.91 Å². The fraction of sp³-hybridized carbons (Fsp3) is 0.448. The van der Waals surface area contributed by atoms with Gasteiger partial charge in [-0.25, -0.2) is 9.97 Å². The summed E-state index contributed by atoms with van der Waals surface area (Å²) in [6.07, 6.45) is 1.51. The van der Waals surface area contributed by atoms with E-state index in [4.69, 9.17) is 24.9 Å². The molecule has 10 heteroatoms. The zero-order chi connectivity index (χ0) is 28.2. The molecule has 0 aliphatic carbocycles. The lowest BCUT2D eigenvalue weighted by atomic mass is 9.72. The number of benzene rings is 2. The minimum Gasteiger partial charge on any atom is -0.493 e. The zero-order valence-electron chi connectivity index (χ0n) is 23.2. The third kappa shape index (κ3) is 6.06. The van der Waals surface area contributed by atoms with E-state index in [9.17, 15) is 9.59 Å². The summed E-state index contributed by atoms with van der Waals surface area (Å²) in [4.78, 5) is 35.6. The number of nitrogens with zero attached hydrogens (tertiary/aromatic N) is 3. The van der Waals surface area contributed by atoms with Crippen molar-refractivity contribution in [3.05, 3.63) is 53.9 Å². The summed E-state index contributed by atoms with van der Waals surface area (Å²) in [6, 6.07) is 13.9. The van der Waals surface area contributed by atoms with Crippen molar-refractivity contribution in [2.45, 2.75) is 51.2 Å². The van der Waals surface area contributed by atoms with Crippen LogP contribution in [-0.4, -0.2) is 66.2 Å². The Hall–Kier alpha value is -3.92. The maximum atomic E-state index is 13.1. The summed E-state index contributed by atoms with van der Waals surface area (Å²) < 4.78 is 16.1. The highest BCUT2D eigenvalue weighted by Gasteiger charge is 2.41. The van der Waals surface area contributed by atoms with Gasteiger partial charge < -0.3 is 30.2 Å². The largest absolute Gasteiger partial charge is 0.493 e. The second-order valence-corrected chi connectivity index (χ2v) is 10.4. The first-order chi connectivity index (χ1) is 18.6. The Morgan fingerprint density at radius 3 is 2.31 bits per heavy atom. The fourth-order valence-corrected chi connectivity index (χ4v) is 5.30. The Bertz CT molecular complexity index is 1340. The van der Waals surface area contributed by atoms with E-state index in [1.54, 1.807) is 45.1 Å². The number of amides is 1. The number of aromatic nitrogens is 2. The number of carbonyl (C=O) groups excluding carboxylic acids is 2. The summed E-state index contributed by atoms with van der Waals surface area (Å²) in [5, 5.41) is 4.24. The highest BCUT2D eigenvalue weighted by atomic mass is 16.6. The lowest BCUT2D eigenvalue weighted by molar-refractivity contribution is -0.169. The normalized spacial score (nSPS) is 15.2. The number of anilines is 1. The van der Waals surface area contributed by atoms with Gasteiger partial charge in [0.15, 0.2) is 17.1 Å². The maximum absolute atomic E-state index is 13.1. The van der Waals surface area contributed by atoms with Crippen LogP contribution in [0.15, 0.2) is 42.5 Å². The highest BCUT2D eigenvalue weighted by molar-refractivity contribution is 5.91. The number of nitrogens with two attached hydrogens (primary N) is 1. The molecule has 1 aliphatic heterocycles. The Morgan fingerprint density at radius 1 is 1.05 bits per heavy atom. The fourth-order valence-electron chi connectivity index (χ4n) is 5.30. The Kier molecular flexibility index (Phi) is 8.25. The average Bonchev–Trinajstić information content (AvgIpc) is 2.92. The molecule has 0 radical (unpaired) electrons. The second-order valence-electron chi connectivity index (χ2n) is 10.4. The minimum absolute atomic E-state index is 0.181. The monoisotopic (exact) mass is 535 g/mol. The number of ether oxygens (including phenoxy) is 3. The van der Waals surface area contributed by atoms with Crippen LogP contribution < -0.4 is 20.5 Å². The number of carbonyl (C=O) groups is 2. The van der Waals surface area contributed by atoms with E-state index in [0.717, 1.165) is 12.8 Å². The maximum Gasteiger partial charge on any atom is 0.303 e. The number of esters is 1. The van der Waals surface area contributed by atoms with Crippen LogP contribution in [0, 0.1) is 0 Å². The van der Waals surface area contributed by atoms with Gasteiger partial charge >= 0.3 is 5.97 Å². The molecule has 1 saturated heterocycles. The molecule has 10 nitrogen and oxygen atoms in total. The molecule has 3 N–H and O–H groups in total. The standard InChI is InChI=1S/C29H37N5O5/c1-19(35)39-28(2,3)27(36)34-13-11-29(12-14-34,20-9-7-6-8-10-20)18-31-17-25-32-22-16-24(38-5)23(37-4)15-21(22)26(30)33-25/h6-10,15-16,31H,11-14,17-18H2,1-5H3,(H2,30,32,33). The quantitative estimate of drug-likeness (QED) is 0.397. The van der Waals surface area contributed by atoms with Gasteiger partial charge in [0.2, 0.25) is 0 Å². The van der Waals surface area contributed by atoms with Crippen molar-refractivity contribution in [2.24, 2.45) is 0 Å². The number of nitrogen functional groups attached to an aromatic ring is 1. The van der Waals surface area contributed by atoms with Gasteiger partial charge in [0.1, 0.15) is 11.6 Å². The summed E-state index contributed by atoms with van der Waals surface area (Å²) in [7, 11) is 3.15. The highest BCUT2D eigenvalue weighted by Crippen LogP contribution is 2.36. The van der Waals surface area contributed by atoms with Gasteiger partial charge in [-0.15, -0.1) is 0 Å². The van der Waals surface area contributed by atoms with Crippen LogP contribution in [0.25, 0.3) is 10.9 Å². The molecule has 2 heterocycles. The minimum atomic E-state index is -1.20. The van der Waals surface area contributed by atoms with Crippen LogP contribution in [0.1, 0.15) is 45.0 Å². The molecular formula is C29H37N5O5. The van der Waals surface area contributed by atoms with Crippen LogP contribution in [0.3, 0.4) is 0 Å². The Labute approximate surface area is 228 Å². The third-order valence-corrected chi connectivity index (χ3v) is 7.33. The average molecular weight is 536 g/mol. The molecule has 3 aromatic rings. The number of hydrogen-bond acceptors (Lipinski definition) is 9. The molecule has 0 unspecified atom stereocenters. The Balaban J connectivity index is 1.50. The van der Waals surface area contributed by atoms with Gasteiger partial charge in [0, 0.05) is 43.4 Å². The van der Waals surface area contributed by atoms with Crippen molar-refractivity contribution in [3.63, 3.8) is 0 Å². The van der Waals surface area contributed by atoms with E-state index in [1.165, 1.54) is 12.5 Å². The molecule has 2 aromatic carbocycles. The number of piperidine rings is 1. The van der Waals surface area contributed by atoms with Crippen LogP contribution >= 0.6 is 0 Å². The lowest BCUT2D eigenvalue weighted by Gasteiger charge is -2.44. The SMILES string of the molecule is COc1cc2nc(CNCC3(c4ccccc4)CCN(C(=O)C(C)(C)OC(C)=O)CC3)nc(N)c2cc1OC. The number of likely N-dealkylation sites (tertiary alicyclic amines) is 1. The van der Waals surface area contributed by atoms with Gasteiger partial charge in [-0.05, 0) is 38.3 Å². The predicted molar refractivity (Wildman–Crippen MR) is 149 cm³/mol. The molecule has 1 aliphatic rings. The van der Waals surface area contributed by atoms with E-state index < -0.39 is 11.6 Å². The first-order valence-corrected chi connectivity index (χ1v) is 13.0. The molecule has 208 valence electrons. The summed E-state index contributed by atoms with van der Waals surface area (Å²) in [5.41, 5.74) is 6.76. The number of hydrogen-bond donors (Lipinski definition) is 2. The molecule has 4 rings (SSSR count). The predicted octanol–water partition coefficient (Wildman–Crippen LogP) is 3.22. The molecule has 0 atom stereocenters. The molecule has 1 fully saturated rings. The van der Waals surface area contributed by atoms with Crippen LogP contribution in [0.2, 0.25) is 0 Å². The lowest BCUT2D eigenvalue weighted by Crippen LogP contribution is -2.54. The van der Waals surface area contributed by atoms with Crippen LogP contribution in [0.4, 0.5) is 5.82 Å². The van der Waals surface area contributed by atoms with Crippen molar-refractivity contribution in [1.82, 2.24) is 20.2 Å². The van der Waals surface area contributed by atoms with Gasteiger partial charge in [-0.1, -0.05) is 30.3 Å². The third-order valence-electron chi connectivity index (χ3n) is 7.33. The zero-order valence-corrected chi connectivity index (χ0v) is 23.2. The molecule has 1 amide bonds. The number of methoxy groups -OCH3 is 2. The van der Waals surface area contributed by atoms with Crippen molar-refractivity contribution in [3.8, 4) is 11.5 Å². The molecular weight excluding hydrogens is 498 g/mol. The number of nitrogens with one attached hydrogen (secondary N) is 1. The first-order valence-electron chi connectivity index (χ1n) is 13.0. The van der Waals surface area contributed by atoms with Gasteiger partial charge in [-0.3, -0.25) is 9.59 Å². The number of fused-ring (bicyclic) bond motifs is 1. The summed E-state index contributed by atoms with van der Waals surface area (Å²) in [6.45, 7) is 6.79. The smallest absolute Gasteiger partial charge is 0.303 e. The van der Waals surface area contributed by atoms with Gasteiger partial charge in [-0.2, -0.15) is 0 Å². The van der Waals surface area contributed by atoms with E-state index in [0.29, 0.717) is 60.2 Å². The van der Waals surface area contributed by atoms with Crippen molar-refractivity contribution in [1.29, 1.82) is 0 Å². The van der Waals surface area contributed by atoms with Gasteiger partial charge in [0.05, 0.1) is 26.3 Å². The van der Waals surface area contributed by atoms with Crippen LogP contribution in [0.5, 0.6) is 11.5 Å². The summed E-state index contributed by atoms with van der Waals surface area (Å²) >= 11 is 0. The summed E-state index contributed by atoms with van der Waals surface area (Å²) in [5.74, 6) is 1.44. The molecule has 1 aromatic heterocycles. The Morgan fingerprint density at radius 2 is 1.69 bits per heavy atom. The molecule has 0 bridgehead atoms. The van der Waals surface area contributed by atoms with Crippen molar-refractivity contribution in [2.75, 3.05) is 39.6 Å². The number of rotatable bonds is 9. The van der Waals surface area contributed by atoms with E-state index in [1.807, 2.05) is 18.2 Å². The molecule has 0 saturated carbocycles. The van der Waals surface area contributed by atoms with E-state index in [2.05, 4.69) is 22.4 Å². The van der Waals surface area contributed by atoms with E-state index in [-0.39, 0.29) is 11.3 Å². The van der Waals surface area contributed by atoms with Crippen LogP contribution in [-0.2, 0) is 26.3 Å². The second kappa shape index (κ2) is 11.4. The molecule has 39 heavy (non-hydrogen) atoms. The van der Waals surface area contributed by atoms with E-state index >= 15 is 0 Å². The molecule has 0 spiro atoms. The van der Waals surface area contributed by atoms with Crippen molar-refractivity contribution >= 4 is 28.6 Å².